The summed E-state index contributed by atoms with van der Waals surface area (Å²) in [5.41, 5.74) is -5.04. The van der Waals surface area contributed by atoms with Gasteiger partial charge in [0.2, 0.25) is 0 Å². The fourth-order valence-corrected chi connectivity index (χ4v) is 1.73. The van der Waals surface area contributed by atoms with E-state index in [-0.39, 0.29) is 18.7 Å². The minimum atomic E-state index is -5.28. The van der Waals surface area contributed by atoms with Crippen LogP contribution in [-0.2, 0) is 28.3 Å². The average Bonchev–Trinajstić information content (AvgIpc) is 2.36. The van der Waals surface area contributed by atoms with Crippen LogP contribution in [0.4, 0.5) is 26.3 Å². The van der Waals surface area contributed by atoms with Crippen molar-refractivity contribution in [1.29, 1.82) is 5.26 Å². The molecule has 3 nitrogen and oxygen atoms in total. The Hall–Kier alpha value is -2.24. The summed E-state index contributed by atoms with van der Waals surface area (Å²) in [7, 11) is 0. The van der Waals surface area contributed by atoms with E-state index in [0.717, 1.165) is 0 Å². The molecule has 9 heteroatoms. The highest BCUT2D eigenvalue weighted by atomic mass is 19.4. The van der Waals surface area contributed by atoms with Gasteiger partial charge in [-0.1, -0.05) is 0 Å². The van der Waals surface area contributed by atoms with Gasteiger partial charge in [0.05, 0.1) is 35.8 Å². The van der Waals surface area contributed by atoms with Crippen LogP contribution < -0.4 is 0 Å². The highest BCUT2D eigenvalue weighted by Crippen LogP contribution is 2.41. The Balaban J connectivity index is 3.49. The lowest BCUT2D eigenvalue weighted by Crippen LogP contribution is -2.19. The van der Waals surface area contributed by atoms with Gasteiger partial charge in [-0.2, -0.15) is 31.6 Å². The summed E-state index contributed by atoms with van der Waals surface area (Å²) in [6.45, 7) is 1.41. The second kappa shape index (κ2) is 6.25. The number of nitriles is 1. The van der Waals surface area contributed by atoms with Gasteiger partial charge in [0.15, 0.2) is 0 Å². The fourth-order valence-electron chi connectivity index (χ4n) is 1.73. The van der Waals surface area contributed by atoms with Crippen molar-refractivity contribution >= 4 is 5.97 Å². The molecular weight excluding hydrogens is 316 g/mol. The molecule has 0 spiro atoms. The zero-order chi connectivity index (χ0) is 17.1. The first-order valence-corrected chi connectivity index (χ1v) is 5.87. The van der Waals surface area contributed by atoms with Crippen molar-refractivity contribution in [2.75, 3.05) is 6.61 Å². The first kappa shape index (κ1) is 17.8. The zero-order valence-electron chi connectivity index (χ0n) is 11.1. The Morgan fingerprint density at radius 2 is 1.64 bits per heavy atom. The van der Waals surface area contributed by atoms with Crippen molar-refractivity contribution in [1.82, 2.24) is 0 Å². The van der Waals surface area contributed by atoms with Crippen molar-refractivity contribution in [2.45, 2.75) is 25.7 Å². The van der Waals surface area contributed by atoms with Crippen molar-refractivity contribution in [2.24, 2.45) is 0 Å². The molecule has 1 rings (SSSR count). The van der Waals surface area contributed by atoms with E-state index in [1.54, 1.807) is 0 Å². The van der Waals surface area contributed by atoms with E-state index in [4.69, 9.17) is 5.26 Å². The fraction of sp³-hybridized carbons (Fsp3) is 0.385. The highest BCUT2D eigenvalue weighted by Gasteiger charge is 2.43. The van der Waals surface area contributed by atoms with E-state index in [1.165, 1.54) is 13.0 Å². The van der Waals surface area contributed by atoms with E-state index in [2.05, 4.69) is 4.74 Å². The lowest BCUT2D eigenvalue weighted by Gasteiger charge is -2.17. The standard InChI is InChI=1S/C13H9F6NO2/c1-2-22-11(21)5-7-3-9(12(14,15)16)10(13(17,18)19)4-8(7)6-20/h3-4H,2,5H2,1H3. The number of hydrogen-bond donors (Lipinski definition) is 0. The lowest BCUT2D eigenvalue weighted by molar-refractivity contribution is -0.162. The summed E-state index contributed by atoms with van der Waals surface area (Å²) in [5.74, 6) is -0.938. The van der Waals surface area contributed by atoms with E-state index in [0.29, 0.717) is 0 Å². The average molecular weight is 325 g/mol. The molecule has 0 aliphatic heterocycles. The molecule has 0 amide bonds. The van der Waals surface area contributed by atoms with Crippen LogP contribution in [-0.4, -0.2) is 12.6 Å². The molecule has 22 heavy (non-hydrogen) atoms. The van der Waals surface area contributed by atoms with Gasteiger partial charge >= 0.3 is 18.3 Å². The number of benzene rings is 1. The van der Waals surface area contributed by atoms with Crippen LogP contribution in [0.3, 0.4) is 0 Å². The molecule has 0 saturated heterocycles. The Morgan fingerprint density at radius 3 is 2.05 bits per heavy atom. The van der Waals surface area contributed by atoms with Gasteiger partial charge in [0, 0.05) is 0 Å². The number of carbonyl (C=O) groups is 1. The molecule has 0 N–H and O–H groups in total. The quantitative estimate of drug-likeness (QED) is 0.629. The molecule has 0 fully saturated rings. The number of alkyl halides is 6. The van der Waals surface area contributed by atoms with E-state index in [1.807, 2.05) is 0 Å². The van der Waals surface area contributed by atoms with Gasteiger partial charge < -0.3 is 4.74 Å². The van der Waals surface area contributed by atoms with Crippen LogP contribution in [0.25, 0.3) is 0 Å². The summed E-state index contributed by atoms with van der Waals surface area (Å²) in [6.07, 6.45) is -11.3. The van der Waals surface area contributed by atoms with Crippen LogP contribution in [0.15, 0.2) is 12.1 Å². The number of esters is 1. The predicted octanol–water partition coefficient (Wildman–Crippen LogP) is 3.70. The van der Waals surface area contributed by atoms with Crippen molar-refractivity contribution in [3.63, 3.8) is 0 Å². The van der Waals surface area contributed by atoms with E-state index < -0.39 is 47.0 Å². The minimum Gasteiger partial charge on any atom is -0.466 e. The lowest BCUT2D eigenvalue weighted by atomic mass is 9.96. The van der Waals surface area contributed by atoms with Gasteiger partial charge in [-0.05, 0) is 24.6 Å². The third-order valence-corrected chi connectivity index (χ3v) is 2.61. The number of hydrogen-bond acceptors (Lipinski definition) is 3. The molecule has 120 valence electrons. The van der Waals surface area contributed by atoms with Gasteiger partial charge in [0.1, 0.15) is 0 Å². The Morgan fingerprint density at radius 1 is 1.14 bits per heavy atom. The maximum atomic E-state index is 12.8. The molecule has 0 atom stereocenters. The minimum absolute atomic E-state index is 0.0481. The largest absolute Gasteiger partial charge is 0.466 e. The number of halogens is 6. The van der Waals surface area contributed by atoms with Gasteiger partial charge in [-0.25, -0.2) is 0 Å². The van der Waals surface area contributed by atoms with Gasteiger partial charge in [-0.3, -0.25) is 4.79 Å². The summed E-state index contributed by atoms with van der Waals surface area (Å²) in [6, 6.07) is 1.62. The van der Waals surface area contributed by atoms with Crippen molar-refractivity contribution in [3.05, 3.63) is 34.4 Å². The van der Waals surface area contributed by atoms with E-state index >= 15 is 0 Å². The molecule has 0 radical (unpaired) electrons. The zero-order valence-corrected chi connectivity index (χ0v) is 11.1. The van der Waals surface area contributed by atoms with Crippen LogP contribution in [0.5, 0.6) is 0 Å². The predicted molar refractivity (Wildman–Crippen MR) is 61.5 cm³/mol. The Labute approximate surface area is 121 Å². The maximum Gasteiger partial charge on any atom is 0.417 e. The van der Waals surface area contributed by atoms with Crippen LogP contribution >= 0.6 is 0 Å². The molecule has 0 unspecified atom stereocenters. The highest BCUT2D eigenvalue weighted by molar-refractivity contribution is 5.74. The van der Waals surface area contributed by atoms with Crippen LogP contribution in [0.2, 0.25) is 0 Å². The molecule has 1 aromatic rings. The number of carbonyl (C=O) groups excluding carboxylic acids is 1. The SMILES string of the molecule is CCOC(=O)Cc1cc(C(F)(F)F)c(C(F)(F)F)cc1C#N. The first-order valence-electron chi connectivity index (χ1n) is 5.87. The molecule has 0 aromatic heterocycles. The molecule has 0 bridgehead atoms. The Bertz CT molecular complexity index is 613. The molecule has 0 aliphatic carbocycles. The summed E-state index contributed by atoms with van der Waals surface area (Å²) in [5, 5.41) is 8.79. The smallest absolute Gasteiger partial charge is 0.417 e. The second-order valence-corrected chi connectivity index (χ2v) is 4.14. The molecule has 0 saturated carbocycles. The third kappa shape index (κ3) is 4.13. The van der Waals surface area contributed by atoms with Crippen LogP contribution in [0.1, 0.15) is 29.2 Å². The molecule has 0 aliphatic rings. The maximum absolute atomic E-state index is 12.8. The second-order valence-electron chi connectivity index (χ2n) is 4.14. The van der Waals surface area contributed by atoms with Gasteiger partial charge in [0.25, 0.3) is 0 Å². The number of rotatable bonds is 3. The van der Waals surface area contributed by atoms with E-state index in [9.17, 15) is 31.1 Å². The summed E-state index contributed by atoms with van der Waals surface area (Å²) < 4.78 is 81.0. The summed E-state index contributed by atoms with van der Waals surface area (Å²) >= 11 is 0. The molecule has 1 aromatic carbocycles. The van der Waals surface area contributed by atoms with Crippen LogP contribution in [0, 0.1) is 11.3 Å². The Kier molecular flexibility index (Phi) is 5.06. The molecular formula is C13H9F6NO2. The van der Waals surface area contributed by atoms with Crippen molar-refractivity contribution in [3.8, 4) is 6.07 Å². The monoisotopic (exact) mass is 325 g/mol. The first-order chi connectivity index (χ1) is 10.0. The third-order valence-electron chi connectivity index (χ3n) is 2.61. The number of nitrogens with zero attached hydrogens (tertiary/aromatic N) is 1. The normalized spacial score (nSPS) is 11.9. The topological polar surface area (TPSA) is 50.1 Å². The summed E-state index contributed by atoms with van der Waals surface area (Å²) in [4.78, 5) is 11.3. The number of ether oxygens (including phenoxy) is 1. The van der Waals surface area contributed by atoms with Crippen molar-refractivity contribution < 1.29 is 35.9 Å². The van der Waals surface area contributed by atoms with Gasteiger partial charge in [-0.15, -0.1) is 0 Å². The molecule has 0 heterocycles.